The summed E-state index contributed by atoms with van der Waals surface area (Å²) in [4.78, 5) is 18.4. The van der Waals surface area contributed by atoms with E-state index in [0.717, 1.165) is 19.4 Å². The molecule has 1 aromatic rings. The standard InChI is InChI=1S/C13H20N4O/c1-9(2)8-17(11-3-4-11)13(18)10-5-6-15-12(7-10)16-14/h5-7,9,11H,3-4,8,14H2,1-2H3,(H,15,16). The number of nitrogens with two attached hydrogens (primary N) is 1. The fourth-order valence-corrected chi connectivity index (χ4v) is 1.99. The van der Waals surface area contributed by atoms with Gasteiger partial charge in [-0.15, -0.1) is 0 Å². The minimum absolute atomic E-state index is 0.0742. The number of aromatic nitrogens is 1. The number of rotatable bonds is 5. The summed E-state index contributed by atoms with van der Waals surface area (Å²) in [5, 5.41) is 0. The van der Waals surface area contributed by atoms with Crippen LogP contribution in [-0.2, 0) is 0 Å². The monoisotopic (exact) mass is 248 g/mol. The first-order valence-corrected chi connectivity index (χ1v) is 6.35. The molecule has 3 N–H and O–H groups in total. The van der Waals surface area contributed by atoms with Crippen LogP contribution in [0.3, 0.4) is 0 Å². The molecule has 0 unspecified atom stereocenters. The highest BCUT2D eigenvalue weighted by atomic mass is 16.2. The number of hydrogen-bond acceptors (Lipinski definition) is 4. The summed E-state index contributed by atoms with van der Waals surface area (Å²) in [5.74, 6) is 6.38. The molecule has 0 spiro atoms. The fourth-order valence-electron chi connectivity index (χ4n) is 1.99. The van der Waals surface area contributed by atoms with Gasteiger partial charge >= 0.3 is 0 Å². The molecule has 1 aliphatic rings. The Morgan fingerprint density at radius 2 is 2.33 bits per heavy atom. The van der Waals surface area contributed by atoms with Crippen molar-refractivity contribution in [3.05, 3.63) is 23.9 Å². The molecule has 1 saturated carbocycles. The highest BCUT2D eigenvalue weighted by molar-refractivity contribution is 5.95. The fraction of sp³-hybridized carbons (Fsp3) is 0.538. The maximum Gasteiger partial charge on any atom is 0.254 e. The van der Waals surface area contributed by atoms with Crippen LogP contribution in [0.5, 0.6) is 0 Å². The van der Waals surface area contributed by atoms with E-state index < -0.39 is 0 Å². The number of nitrogens with zero attached hydrogens (tertiary/aromatic N) is 2. The summed E-state index contributed by atoms with van der Waals surface area (Å²) >= 11 is 0. The number of hydrogen-bond donors (Lipinski definition) is 2. The summed E-state index contributed by atoms with van der Waals surface area (Å²) in [6.45, 7) is 5.06. The lowest BCUT2D eigenvalue weighted by molar-refractivity contribution is 0.0722. The minimum atomic E-state index is 0.0742. The summed E-state index contributed by atoms with van der Waals surface area (Å²) < 4.78 is 0. The van der Waals surface area contributed by atoms with E-state index in [1.807, 2.05) is 4.90 Å². The molecular formula is C13H20N4O. The quantitative estimate of drug-likeness (QED) is 0.613. The van der Waals surface area contributed by atoms with Crippen LogP contribution in [0, 0.1) is 5.92 Å². The SMILES string of the molecule is CC(C)CN(C(=O)c1ccnc(NN)c1)C1CC1. The third kappa shape index (κ3) is 2.98. The summed E-state index contributed by atoms with van der Waals surface area (Å²) in [6.07, 6.45) is 3.83. The Hall–Kier alpha value is -1.62. The van der Waals surface area contributed by atoms with Gasteiger partial charge in [0.15, 0.2) is 0 Å². The van der Waals surface area contributed by atoms with Crippen LogP contribution >= 0.6 is 0 Å². The second-order valence-corrected chi connectivity index (χ2v) is 5.16. The van der Waals surface area contributed by atoms with Crippen molar-refractivity contribution in [1.29, 1.82) is 0 Å². The smallest absolute Gasteiger partial charge is 0.254 e. The van der Waals surface area contributed by atoms with Gasteiger partial charge in [-0.05, 0) is 30.9 Å². The van der Waals surface area contributed by atoms with Gasteiger partial charge in [-0.3, -0.25) is 4.79 Å². The van der Waals surface area contributed by atoms with Crippen molar-refractivity contribution < 1.29 is 4.79 Å². The third-order valence-corrected chi connectivity index (χ3v) is 2.97. The molecule has 5 heteroatoms. The van der Waals surface area contributed by atoms with E-state index in [4.69, 9.17) is 5.84 Å². The number of carbonyl (C=O) groups excluding carboxylic acids is 1. The van der Waals surface area contributed by atoms with Gasteiger partial charge in [-0.25, -0.2) is 10.8 Å². The van der Waals surface area contributed by atoms with Crippen LogP contribution < -0.4 is 11.3 Å². The zero-order valence-electron chi connectivity index (χ0n) is 10.9. The Morgan fingerprint density at radius 1 is 1.61 bits per heavy atom. The molecule has 0 bridgehead atoms. The van der Waals surface area contributed by atoms with E-state index in [1.165, 1.54) is 0 Å². The molecule has 0 atom stereocenters. The molecule has 1 aromatic heterocycles. The number of carbonyl (C=O) groups is 1. The van der Waals surface area contributed by atoms with Crippen molar-refractivity contribution in [2.75, 3.05) is 12.0 Å². The Morgan fingerprint density at radius 3 is 2.89 bits per heavy atom. The molecule has 1 heterocycles. The zero-order valence-corrected chi connectivity index (χ0v) is 10.9. The van der Waals surface area contributed by atoms with Gasteiger partial charge in [0, 0.05) is 24.3 Å². The predicted octanol–water partition coefficient (Wildman–Crippen LogP) is 1.63. The van der Waals surface area contributed by atoms with E-state index in [9.17, 15) is 4.79 Å². The maximum atomic E-state index is 12.5. The van der Waals surface area contributed by atoms with Gasteiger partial charge in [0.1, 0.15) is 5.82 Å². The summed E-state index contributed by atoms with van der Waals surface area (Å²) in [7, 11) is 0. The van der Waals surface area contributed by atoms with Gasteiger partial charge < -0.3 is 10.3 Å². The zero-order chi connectivity index (χ0) is 13.1. The van der Waals surface area contributed by atoms with E-state index in [2.05, 4.69) is 24.3 Å². The summed E-state index contributed by atoms with van der Waals surface area (Å²) in [5.41, 5.74) is 3.11. The average molecular weight is 248 g/mol. The lowest BCUT2D eigenvalue weighted by Crippen LogP contribution is -2.36. The van der Waals surface area contributed by atoms with E-state index in [1.54, 1.807) is 18.3 Å². The van der Waals surface area contributed by atoms with Gasteiger partial charge in [0.25, 0.3) is 5.91 Å². The third-order valence-electron chi connectivity index (χ3n) is 2.97. The van der Waals surface area contributed by atoms with Crippen LogP contribution in [0.2, 0.25) is 0 Å². The molecule has 98 valence electrons. The van der Waals surface area contributed by atoms with Crippen LogP contribution in [-0.4, -0.2) is 28.4 Å². The molecule has 1 amide bonds. The predicted molar refractivity (Wildman–Crippen MR) is 70.9 cm³/mol. The maximum absolute atomic E-state index is 12.5. The van der Waals surface area contributed by atoms with Crippen molar-refractivity contribution in [2.24, 2.45) is 11.8 Å². The number of nitrogen functional groups attached to an aromatic ring is 1. The number of anilines is 1. The van der Waals surface area contributed by atoms with Crippen molar-refractivity contribution in [3.8, 4) is 0 Å². The first kappa shape index (κ1) is 12.8. The number of hydrazine groups is 1. The Bertz CT molecular complexity index is 429. The average Bonchev–Trinajstić information content (AvgIpc) is 3.19. The lowest BCUT2D eigenvalue weighted by Gasteiger charge is -2.24. The van der Waals surface area contributed by atoms with E-state index in [-0.39, 0.29) is 5.91 Å². The van der Waals surface area contributed by atoms with Gasteiger partial charge in [-0.2, -0.15) is 0 Å². The molecule has 5 nitrogen and oxygen atoms in total. The Kier molecular flexibility index (Phi) is 3.81. The van der Waals surface area contributed by atoms with E-state index >= 15 is 0 Å². The van der Waals surface area contributed by atoms with Crippen molar-refractivity contribution in [3.63, 3.8) is 0 Å². The first-order valence-electron chi connectivity index (χ1n) is 6.35. The normalized spacial score (nSPS) is 14.7. The van der Waals surface area contributed by atoms with Crippen LogP contribution in [0.4, 0.5) is 5.82 Å². The minimum Gasteiger partial charge on any atom is -0.335 e. The molecule has 0 aliphatic heterocycles. The molecular weight excluding hydrogens is 228 g/mol. The van der Waals surface area contributed by atoms with Gasteiger partial charge in [0.2, 0.25) is 0 Å². The van der Waals surface area contributed by atoms with Gasteiger partial charge in [-0.1, -0.05) is 13.8 Å². The summed E-state index contributed by atoms with van der Waals surface area (Å²) in [6, 6.07) is 3.85. The second-order valence-electron chi connectivity index (χ2n) is 5.16. The van der Waals surface area contributed by atoms with Crippen molar-refractivity contribution in [2.45, 2.75) is 32.7 Å². The molecule has 18 heavy (non-hydrogen) atoms. The largest absolute Gasteiger partial charge is 0.335 e. The molecule has 2 rings (SSSR count). The van der Waals surface area contributed by atoms with E-state index in [0.29, 0.717) is 23.3 Å². The highest BCUT2D eigenvalue weighted by Crippen LogP contribution is 2.29. The number of nitrogens with one attached hydrogen (secondary N) is 1. The lowest BCUT2D eigenvalue weighted by atomic mass is 10.1. The Labute approximate surface area is 107 Å². The first-order chi connectivity index (χ1) is 8.61. The van der Waals surface area contributed by atoms with Crippen LogP contribution in [0.1, 0.15) is 37.0 Å². The van der Waals surface area contributed by atoms with Gasteiger partial charge in [0.05, 0.1) is 0 Å². The Balaban J connectivity index is 2.16. The number of pyridine rings is 1. The van der Waals surface area contributed by atoms with Crippen LogP contribution in [0.25, 0.3) is 0 Å². The second kappa shape index (κ2) is 5.35. The van der Waals surface area contributed by atoms with Crippen molar-refractivity contribution >= 4 is 11.7 Å². The molecule has 0 saturated heterocycles. The molecule has 1 fully saturated rings. The molecule has 1 aliphatic carbocycles. The highest BCUT2D eigenvalue weighted by Gasteiger charge is 2.33. The van der Waals surface area contributed by atoms with Crippen LogP contribution in [0.15, 0.2) is 18.3 Å². The number of amides is 1. The topological polar surface area (TPSA) is 71.2 Å². The molecule has 0 radical (unpaired) electrons. The molecule has 0 aromatic carbocycles. The van der Waals surface area contributed by atoms with Crippen molar-refractivity contribution in [1.82, 2.24) is 9.88 Å².